The molecule has 4 nitrogen and oxygen atoms in total. The Kier molecular flexibility index (Phi) is 4.06. The fourth-order valence-corrected chi connectivity index (χ4v) is 3.44. The average molecular weight is 403 g/mol. The lowest BCUT2D eigenvalue weighted by molar-refractivity contribution is 0.432. The lowest BCUT2D eigenvalue weighted by Crippen LogP contribution is -2.03. The number of hydrogen-bond donors (Lipinski definition) is 3. The Hall–Kier alpha value is -4.06. The van der Waals surface area contributed by atoms with Crippen LogP contribution in [-0.4, -0.2) is 10.2 Å². The Labute approximate surface area is 170 Å². The zero-order valence-corrected chi connectivity index (χ0v) is 15.5. The highest BCUT2D eigenvalue weighted by molar-refractivity contribution is 5.83. The number of fused-ring (bicyclic) bond motifs is 2. The maximum absolute atomic E-state index is 13.4. The molecule has 3 N–H and O–H groups in total. The van der Waals surface area contributed by atoms with Crippen molar-refractivity contribution in [1.29, 1.82) is 0 Å². The maximum atomic E-state index is 13.4. The molecule has 4 aromatic rings. The molecule has 0 fully saturated rings. The van der Waals surface area contributed by atoms with E-state index in [2.05, 4.69) is 5.32 Å². The van der Waals surface area contributed by atoms with Crippen molar-refractivity contribution in [3.8, 4) is 45.3 Å². The van der Waals surface area contributed by atoms with Crippen LogP contribution in [0.2, 0.25) is 0 Å². The Bertz CT molecular complexity index is 1200. The number of anilines is 2. The summed E-state index contributed by atoms with van der Waals surface area (Å²) in [6.45, 7) is 0. The van der Waals surface area contributed by atoms with Gasteiger partial charge in [-0.15, -0.1) is 0 Å². The second-order valence-electron chi connectivity index (χ2n) is 6.98. The summed E-state index contributed by atoms with van der Waals surface area (Å²) in [4.78, 5) is 0. The van der Waals surface area contributed by atoms with Crippen molar-refractivity contribution >= 4 is 11.4 Å². The van der Waals surface area contributed by atoms with Gasteiger partial charge in [0.25, 0.3) is 0 Å². The van der Waals surface area contributed by atoms with Gasteiger partial charge >= 0.3 is 0 Å². The Morgan fingerprint density at radius 3 is 1.40 bits per heavy atom. The van der Waals surface area contributed by atoms with Crippen molar-refractivity contribution in [2.24, 2.45) is 0 Å². The number of benzene rings is 4. The van der Waals surface area contributed by atoms with Gasteiger partial charge in [-0.3, -0.25) is 0 Å². The van der Waals surface area contributed by atoms with Gasteiger partial charge in [-0.1, -0.05) is 24.3 Å². The first-order chi connectivity index (χ1) is 14.5. The molecule has 148 valence electrons. The van der Waals surface area contributed by atoms with E-state index in [4.69, 9.17) is 4.74 Å². The maximum Gasteiger partial charge on any atom is 0.164 e. The molecule has 0 spiro atoms. The number of nitrogens with one attached hydrogen (secondary N) is 1. The summed E-state index contributed by atoms with van der Waals surface area (Å²) in [7, 11) is 0. The van der Waals surface area contributed by atoms with Gasteiger partial charge in [0.05, 0.1) is 11.4 Å². The van der Waals surface area contributed by atoms with Crippen LogP contribution in [0, 0.1) is 11.6 Å². The lowest BCUT2D eigenvalue weighted by atomic mass is 10.0. The fourth-order valence-electron chi connectivity index (χ4n) is 3.44. The van der Waals surface area contributed by atoms with Gasteiger partial charge in [-0.05, 0) is 70.8 Å². The summed E-state index contributed by atoms with van der Waals surface area (Å²) in [5, 5.41) is 22.6. The second-order valence-corrected chi connectivity index (χ2v) is 6.98. The minimum atomic E-state index is -0.675. The van der Waals surface area contributed by atoms with Crippen molar-refractivity contribution in [3.05, 3.63) is 84.4 Å². The Morgan fingerprint density at radius 2 is 0.967 bits per heavy atom. The van der Waals surface area contributed by atoms with Crippen LogP contribution in [0.4, 0.5) is 20.2 Å². The van der Waals surface area contributed by atoms with Crippen molar-refractivity contribution in [1.82, 2.24) is 0 Å². The molecule has 0 saturated heterocycles. The molecule has 1 heterocycles. The Morgan fingerprint density at radius 1 is 0.567 bits per heavy atom. The summed E-state index contributed by atoms with van der Waals surface area (Å²) < 4.78 is 32.7. The fraction of sp³-hybridized carbons (Fsp3) is 0. The van der Waals surface area contributed by atoms with E-state index in [-0.39, 0.29) is 0 Å². The minimum Gasteiger partial charge on any atom is -0.505 e. The zero-order valence-electron chi connectivity index (χ0n) is 15.5. The molecule has 0 radical (unpaired) electrons. The van der Waals surface area contributed by atoms with Gasteiger partial charge in [0.2, 0.25) is 0 Å². The van der Waals surface area contributed by atoms with E-state index in [1.54, 1.807) is 24.3 Å². The molecule has 0 aliphatic carbocycles. The van der Waals surface area contributed by atoms with Crippen LogP contribution in [0.15, 0.2) is 72.8 Å². The standard InChI is InChI=1S/C24H15F2NO3/c25-17-5-1-15(11-21(17)28)13-3-7-23-19(9-13)27-20-10-14(4-8-24(20)30-23)16-2-6-18(26)22(29)12-16/h1-12,27-29H. The molecule has 1 aliphatic rings. The van der Waals surface area contributed by atoms with Crippen molar-refractivity contribution in [3.63, 3.8) is 0 Å². The van der Waals surface area contributed by atoms with Crippen LogP contribution >= 0.6 is 0 Å². The van der Waals surface area contributed by atoms with E-state index in [0.717, 1.165) is 11.1 Å². The number of halogens is 2. The average Bonchev–Trinajstić information content (AvgIpc) is 2.75. The molecule has 0 saturated carbocycles. The van der Waals surface area contributed by atoms with E-state index in [0.29, 0.717) is 34.0 Å². The first-order valence-electron chi connectivity index (χ1n) is 9.19. The number of aromatic hydroxyl groups is 2. The van der Waals surface area contributed by atoms with Gasteiger partial charge in [0.1, 0.15) is 0 Å². The number of rotatable bonds is 2. The predicted molar refractivity (Wildman–Crippen MR) is 110 cm³/mol. The van der Waals surface area contributed by atoms with E-state index in [1.807, 2.05) is 24.3 Å². The summed E-state index contributed by atoms with van der Waals surface area (Å²) in [5.41, 5.74) is 4.32. The molecule has 4 aromatic carbocycles. The third-order valence-corrected chi connectivity index (χ3v) is 5.01. The summed E-state index contributed by atoms with van der Waals surface area (Å²) >= 11 is 0. The molecule has 0 amide bonds. The molecule has 6 heteroatoms. The van der Waals surface area contributed by atoms with Crippen LogP contribution in [0.5, 0.6) is 23.0 Å². The van der Waals surface area contributed by atoms with Crippen LogP contribution in [0.3, 0.4) is 0 Å². The van der Waals surface area contributed by atoms with E-state index >= 15 is 0 Å². The quantitative estimate of drug-likeness (QED) is 0.312. The molecule has 0 bridgehead atoms. The van der Waals surface area contributed by atoms with Gasteiger partial charge < -0.3 is 20.3 Å². The second kappa shape index (κ2) is 6.77. The Balaban J connectivity index is 1.50. The molecule has 0 aromatic heterocycles. The molecule has 0 unspecified atom stereocenters. The molecule has 5 rings (SSSR count). The summed E-state index contributed by atoms with van der Waals surface area (Å²) in [6.07, 6.45) is 0. The van der Waals surface area contributed by atoms with Gasteiger partial charge in [0.15, 0.2) is 34.6 Å². The number of hydrogen-bond acceptors (Lipinski definition) is 4. The monoisotopic (exact) mass is 403 g/mol. The molecular formula is C24H15F2NO3. The lowest BCUT2D eigenvalue weighted by Gasteiger charge is -2.23. The van der Waals surface area contributed by atoms with Crippen LogP contribution in [0.1, 0.15) is 0 Å². The van der Waals surface area contributed by atoms with E-state index in [1.165, 1.54) is 24.3 Å². The number of ether oxygens (including phenoxy) is 1. The molecular weight excluding hydrogens is 388 g/mol. The van der Waals surface area contributed by atoms with Gasteiger partial charge in [-0.25, -0.2) is 8.78 Å². The summed E-state index contributed by atoms with van der Waals surface area (Å²) in [6, 6.07) is 19.3. The molecule has 30 heavy (non-hydrogen) atoms. The highest BCUT2D eigenvalue weighted by atomic mass is 19.1. The first kappa shape index (κ1) is 18.0. The van der Waals surface area contributed by atoms with Crippen molar-refractivity contribution < 1.29 is 23.7 Å². The smallest absolute Gasteiger partial charge is 0.164 e. The number of phenolic OH excluding ortho intramolecular Hbond substituents is 2. The SMILES string of the molecule is Oc1cc(-c2ccc3c(c2)Nc2cc(-c4ccc(F)c(O)c4)ccc2O3)ccc1F. The molecule has 1 aliphatic heterocycles. The summed E-state index contributed by atoms with van der Waals surface area (Å²) in [5.74, 6) is -0.911. The highest BCUT2D eigenvalue weighted by Crippen LogP contribution is 2.45. The number of phenols is 2. The third kappa shape index (κ3) is 3.08. The molecule has 0 atom stereocenters. The van der Waals surface area contributed by atoms with Gasteiger partial charge in [0, 0.05) is 0 Å². The predicted octanol–water partition coefficient (Wildman–Crippen LogP) is 6.56. The van der Waals surface area contributed by atoms with Crippen molar-refractivity contribution in [2.45, 2.75) is 0 Å². The van der Waals surface area contributed by atoms with Gasteiger partial charge in [-0.2, -0.15) is 0 Å². The van der Waals surface area contributed by atoms with Crippen LogP contribution in [0.25, 0.3) is 22.3 Å². The largest absolute Gasteiger partial charge is 0.505 e. The van der Waals surface area contributed by atoms with Crippen LogP contribution < -0.4 is 10.1 Å². The third-order valence-electron chi connectivity index (χ3n) is 5.01. The van der Waals surface area contributed by atoms with Crippen LogP contribution in [-0.2, 0) is 0 Å². The zero-order chi connectivity index (χ0) is 20.8. The first-order valence-corrected chi connectivity index (χ1v) is 9.19. The van der Waals surface area contributed by atoms with E-state index in [9.17, 15) is 19.0 Å². The minimum absolute atomic E-state index is 0.410. The van der Waals surface area contributed by atoms with E-state index < -0.39 is 23.1 Å². The normalized spacial score (nSPS) is 11.8. The topological polar surface area (TPSA) is 61.7 Å². The van der Waals surface area contributed by atoms with Crippen molar-refractivity contribution in [2.75, 3.05) is 5.32 Å². The highest BCUT2D eigenvalue weighted by Gasteiger charge is 2.18.